The summed E-state index contributed by atoms with van der Waals surface area (Å²) in [5.41, 5.74) is -0.0622. The van der Waals surface area contributed by atoms with Gasteiger partial charge in [0.05, 0.1) is 13.2 Å². The Kier molecular flexibility index (Phi) is 4.61. The van der Waals surface area contributed by atoms with Gasteiger partial charge in [-0.2, -0.15) is 4.99 Å². The second-order valence-electron chi connectivity index (χ2n) is 7.67. The largest absolute Gasteiger partial charge is 0.485 e. The number of piperazine rings is 1. The molecule has 1 aromatic rings. The van der Waals surface area contributed by atoms with Gasteiger partial charge in [-0.15, -0.1) is 0 Å². The number of benzene rings is 1. The van der Waals surface area contributed by atoms with Gasteiger partial charge in [0.2, 0.25) is 5.96 Å². The molecule has 0 saturated carbocycles. The van der Waals surface area contributed by atoms with Crippen molar-refractivity contribution < 1.29 is 23.0 Å². The third-order valence-corrected chi connectivity index (χ3v) is 5.46. The fourth-order valence-electron chi connectivity index (χ4n) is 3.84. The standard InChI is InChI=1S/C19H22F2N6O3/c1-24-8-16-22-18(23-19(28)27(16)11-24)26-4-2-25(3-5-26)17-14(20)6-12(7-15(17)21)30-13-9-29-10-13/h6-8,13H,2-5,9-11H2,1H3,(H,22,23,28). The summed E-state index contributed by atoms with van der Waals surface area (Å²) in [6.07, 6.45) is 1.65. The van der Waals surface area contributed by atoms with Crippen LogP contribution in [-0.4, -0.2) is 85.9 Å². The number of carbonyl (C=O) groups excluding carboxylic acids is 1. The molecule has 1 N–H and O–H groups in total. The van der Waals surface area contributed by atoms with Crippen molar-refractivity contribution in [1.82, 2.24) is 20.0 Å². The number of aliphatic imine (C=N–C) groups is 1. The van der Waals surface area contributed by atoms with E-state index in [1.165, 1.54) is 12.1 Å². The molecule has 5 rings (SSSR count). The molecule has 2 amide bonds. The minimum atomic E-state index is -0.656. The molecule has 0 radical (unpaired) electrons. The second kappa shape index (κ2) is 7.31. The van der Waals surface area contributed by atoms with Crippen LogP contribution in [0.1, 0.15) is 0 Å². The van der Waals surface area contributed by atoms with Crippen molar-refractivity contribution in [3.8, 4) is 5.75 Å². The average molecular weight is 420 g/mol. The van der Waals surface area contributed by atoms with E-state index in [1.54, 1.807) is 16.0 Å². The number of ether oxygens (including phenoxy) is 2. The zero-order valence-corrected chi connectivity index (χ0v) is 16.5. The van der Waals surface area contributed by atoms with Gasteiger partial charge < -0.3 is 24.2 Å². The average Bonchev–Trinajstić information content (AvgIpc) is 3.06. The zero-order valence-electron chi connectivity index (χ0n) is 16.5. The van der Waals surface area contributed by atoms with Crippen molar-refractivity contribution in [3.05, 3.63) is 35.8 Å². The Labute approximate surface area is 172 Å². The molecular weight excluding hydrogens is 398 g/mol. The first-order valence-corrected chi connectivity index (χ1v) is 9.80. The number of nitrogens with one attached hydrogen (secondary N) is 1. The SMILES string of the molecule is CN1C=C2N=C(N3CCN(c4c(F)cc(OC5COC5)cc4F)CC3)NC(=O)N2C1. The predicted octanol–water partition coefficient (Wildman–Crippen LogP) is 0.947. The summed E-state index contributed by atoms with van der Waals surface area (Å²) in [5.74, 6) is -0.0963. The lowest BCUT2D eigenvalue weighted by Crippen LogP contribution is -2.57. The Morgan fingerprint density at radius 2 is 1.80 bits per heavy atom. The van der Waals surface area contributed by atoms with Crippen molar-refractivity contribution in [2.75, 3.05) is 58.0 Å². The quantitative estimate of drug-likeness (QED) is 0.785. The third-order valence-electron chi connectivity index (χ3n) is 5.46. The number of rotatable bonds is 3. The lowest BCUT2D eigenvalue weighted by molar-refractivity contribution is -0.0798. The molecule has 2 saturated heterocycles. The van der Waals surface area contributed by atoms with Crippen molar-refractivity contribution in [1.29, 1.82) is 0 Å². The van der Waals surface area contributed by atoms with E-state index >= 15 is 0 Å². The number of halogens is 2. The number of nitrogens with zero attached hydrogens (tertiary/aromatic N) is 5. The lowest BCUT2D eigenvalue weighted by atomic mass is 10.2. The van der Waals surface area contributed by atoms with E-state index < -0.39 is 11.6 Å². The van der Waals surface area contributed by atoms with Crippen LogP contribution in [0.4, 0.5) is 19.3 Å². The fourth-order valence-corrected chi connectivity index (χ4v) is 3.84. The first kappa shape index (κ1) is 18.9. The Hall–Kier alpha value is -3.08. The highest BCUT2D eigenvalue weighted by molar-refractivity contribution is 5.99. The number of amides is 2. The maximum atomic E-state index is 14.6. The van der Waals surface area contributed by atoms with Crippen LogP contribution in [0, 0.1) is 11.6 Å². The number of fused-ring (bicyclic) bond motifs is 1. The molecule has 4 aliphatic heterocycles. The van der Waals surface area contributed by atoms with Crippen molar-refractivity contribution in [2.24, 2.45) is 4.99 Å². The first-order chi connectivity index (χ1) is 14.5. The number of urea groups is 1. The summed E-state index contributed by atoms with van der Waals surface area (Å²) in [6, 6.07) is 2.20. The molecule has 2 fully saturated rings. The Morgan fingerprint density at radius 3 is 2.43 bits per heavy atom. The summed E-state index contributed by atoms with van der Waals surface area (Å²) < 4.78 is 39.8. The van der Waals surface area contributed by atoms with E-state index in [1.807, 2.05) is 16.8 Å². The van der Waals surface area contributed by atoms with Gasteiger partial charge in [0.1, 0.15) is 24.2 Å². The van der Waals surface area contributed by atoms with Gasteiger partial charge >= 0.3 is 6.03 Å². The molecule has 11 heteroatoms. The van der Waals surface area contributed by atoms with Crippen LogP contribution in [0.15, 0.2) is 29.1 Å². The van der Waals surface area contributed by atoms with E-state index in [0.29, 0.717) is 57.8 Å². The second-order valence-corrected chi connectivity index (χ2v) is 7.67. The fraction of sp³-hybridized carbons (Fsp3) is 0.474. The highest BCUT2D eigenvalue weighted by Gasteiger charge is 2.33. The van der Waals surface area contributed by atoms with E-state index in [-0.39, 0.29) is 23.6 Å². The summed E-state index contributed by atoms with van der Waals surface area (Å²) in [6.45, 7) is 3.04. The molecule has 0 unspecified atom stereocenters. The maximum absolute atomic E-state index is 14.6. The Balaban J connectivity index is 1.26. The molecule has 30 heavy (non-hydrogen) atoms. The van der Waals surface area contributed by atoms with E-state index in [4.69, 9.17) is 9.47 Å². The first-order valence-electron chi connectivity index (χ1n) is 9.80. The van der Waals surface area contributed by atoms with Crippen molar-refractivity contribution in [3.63, 3.8) is 0 Å². The molecule has 0 spiro atoms. The van der Waals surface area contributed by atoms with Crippen molar-refractivity contribution >= 4 is 17.7 Å². The predicted molar refractivity (Wildman–Crippen MR) is 104 cm³/mol. The van der Waals surface area contributed by atoms with Crippen LogP contribution in [0.25, 0.3) is 0 Å². The molecule has 4 aliphatic rings. The summed E-state index contributed by atoms with van der Waals surface area (Å²) in [4.78, 5) is 23.8. The molecule has 0 aliphatic carbocycles. The van der Waals surface area contributed by atoms with Gasteiger partial charge in [-0.25, -0.2) is 13.6 Å². The highest BCUT2D eigenvalue weighted by Crippen LogP contribution is 2.30. The molecule has 0 bridgehead atoms. The molecule has 0 aromatic heterocycles. The van der Waals surface area contributed by atoms with E-state index in [0.717, 1.165) is 0 Å². The number of hydrogen-bond donors (Lipinski definition) is 1. The van der Waals surface area contributed by atoms with Crippen LogP contribution in [0.3, 0.4) is 0 Å². The molecule has 0 atom stereocenters. The van der Waals surface area contributed by atoms with Crippen LogP contribution < -0.4 is 15.0 Å². The van der Waals surface area contributed by atoms with Crippen LogP contribution in [0.5, 0.6) is 5.75 Å². The summed E-state index contributed by atoms with van der Waals surface area (Å²) in [5, 5.41) is 2.79. The normalized spacial score (nSPS) is 21.8. The van der Waals surface area contributed by atoms with Gasteiger partial charge in [-0.1, -0.05) is 0 Å². The minimum absolute atomic E-state index is 0.0622. The molecular formula is C19H22F2N6O3. The van der Waals surface area contributed by atoms with Gasteiger partial charge in [0, 0.05) is 51.6 Å². The number of anilines is 1. The van der Waals surface area contributed by atoms with E-state index in [9.17, 15) is 13.6 Å². The van der Waals surface area contributed by atoms with Crippen LogP contribution in [-0.2, 0) is 4.74 Å². The van der Waals surface area contributed by atoms with Crippen molar-refractivity contribution in [2.45, 2.75) is 6.10 Å². The number of hydrogen-bond acceptors (Lipinski definition) is 7. The number of carbonyl (C=O) groups is 1. The monoisotopic (exact) mass is 420 g/mol. The summed E-state index contributed by atoms with van der Waals surface area (Å²) in [7, 11) is 1.87. The third kappa shape index (κ3) is 3.38. The molecule has 160 valence electrons. The lowest BCUT2D eigenvalue weighted by Gasteiger charge is -2.39. The van der Waals surface area contributed by atoms with Crippen LogP contribution >= 0.6 is 0 Å². The smallest absolute Gasteiger partial charge is 0.331 e. The van der Waals surface area contributed by atoms with Gasteiger partial charge in [-0.3, -0.25) is 10.2 Å². The minimum Gasteiger partial charge on any atom is -0.485 e. The highest BCUT2D eigenvalue weighted by atomic mass is 19.1. The van der Waals surface area contributed by atoms with Crippen LogP contribution in [0.2, 0.25) is 0 Å². The maximum Gasteiger partial charge on any atom is 0.331 e. The van der Waals surface area contributed by atoms with Gasteiger partial charge in [0.15, 0.2) is 17.5 Å². The molecule has 4 heterocycles. The van der Waals surface area contributed by atoms with Gasteiger partial charge in [0.25, 0.3) is 0 Å². The number of guanidine groups is 1. The Bertz CT molecular complexity index is 904. The van der Waals surface area contributed by atoms with E-state index in [2.05, 4.69) is 10.3 Å². The zero-order chi connectivity index (χ0) is 20.8. The van der Waals surface area contributed by atoms with Gasteiger partial charge in [-0.05, 0) is 0 Å². The molecule has 9 nitrogen and oxygen atoms in total. The Morgan fingerprint density at radius 1 is 1.13 bits per heavy atom. The topological polar surface area (TPSA) is 72.9 Å². The summed E-state index contributed by atoms with van der Waals surface area (Å²) >= 11 is 0. The molecule has 1 aromatic carbocycles.